The number of aryl methyl sites for hydroxylation is 1. The van der Waals surface area contributed by atoms with E-state index >= 15 is 0 Å². The topological polar surface area (TPSA) is 140 Å². The molecule has 1 saturated heterocycles. The molecule has 1 aliphatic rings. The maximum Gasteiger partial charge on any atom is 0.239 e. The lowest BCUT2D eigenvalue weighted by Gasteiger charge is -2.31. The van der Waals surface area contributed by atoms with Crippen LogP contribution in [0.15, 0.2) is 39.6 Å². The lowest BCUT2D eigenvalue weighted by Crippen LogP contribution is -2.39. The average Bonchev–Trinajstić information content (AvgIpc) is 3.59. The van der Waals surface area contributed by atoms with Gasteiger partial charge in [-0.25, -0.2) is 9.37 Å². The molecular formula is C20H19FN8O3. The second-order valence-corrected chi connectivity index (χ2v) is 7.49. The number of amides is 1. The Bertz CT molecular complexity index is 1210. The number of likely N-dealkylation sites (tertiary alicyclic amines) is 1. The summed E-state index contributed by atoms with van der Waals surface area (Å²) in [6, 6.07) is 6.04. The SMILES string of the molecule is O=C(CCc1nc(-c2ncn[nH]2)no1)N1CCCC(c2nc(-c3cccc(F)c3)no2)C1. The molecule has 12 heteroatoms. The zero-order chi connectivity index (χ0) is 21.9. The Kier molecular flexibility index (Phi) is 5.40. The third kappa shape index (κ3) is 4.24. The number of hydrogen-bond donors (Lipinski definition) is 1. The fraction of sp³-hybridized carbons (Fsp3) is 0.350. The summed E-state index contributed by atoms with van der Waals surface area (Å²) in [4.78, 5) is 27.2. The summed E-state index contributed by atoms with van der Waals surface area (Å²) >= 11 is 0. The number of nitrogens with one attached hydrogen (secondary N) is 1. The highest BCUT2D eigenvalue weighted by Crippen LogP contribution is 2.28. The maximum absolute atomic E-state index is 13.5. The number of H-pyrrole nitrogens is 1. The summed E-state index contributed by atoms with van der Waals surface area (Å²) < 4.78 is 24.1. The Labute approximate surface area is 181 Å². The molecule has 32 heavy (non-hydrogen) atoms. The monoisotopic (exact) mass is 438 g/mol. The number of aromatic nitrogens is 7. The first-order valence-corrected chi connectivity index (χ1v) is 10.2. The van der Waals surface area contributed by atoms with Crippen LogP contribution >= 0.6 is 0 Å². The van der Waals surface area contributed by atoms with Crippen molar-refractivity contribution in [2.75, 3.05) is 13.1 Å². The number of carbonyl (C=O) groups is 1. The van der Waals surface area contributed by atoms with E-state index in [4.69, 9.17) is 9.05 Å². The number of piperidine rings is 1. The summed E-state index contributed by atoms with van der Waals surface area (Å²) in [5, 5.41) is 14.2. The van der Waals surface area contributed by atoms with Crippen LogP contribution in [0.4, 0.5) is 4.39 Å². The van der Waals surface area contributed by atoms with E-state index in [-0.39, 0.29) is 24.1 Å². The fourth-order valence-electron chi connectivity index (χ4n) is 3.69. The summed E-state index contributed by atoms with van der Waals surface area (Å²) in [6.45, 7) is 1.14. The number of carbonyl (C=O) groups excluding carboxylic acids is 1. The highest BCUT2D eigenvalue weighted by Gasteiger charge is 2.29. The van der Waals surface area contributed by atoms with E-state index < -0.39 is 0 Å². The Balaban J connectivity index is 1.19. The van der Waals surface area contributed by atoms with Crippen LogP contribution in [0.5, 0.6) is 0 Å². The minimum absolute atomic E-state index is 0.0148. The molecule has 1 aromatic carbocycles. The maximum atomic E-state index is 13.5. The molecule has 1 amide bonds. The van der Waals surface area contributed by atoms with Gasteiger partial charge < -0.3 is 13.9 Å². The van der Waals surface area contributed by atoms with Gasteiger partial charge in [0.2, 0.25) is 29.3 Å². The lowest BCUT2D eigenvalue weighted by molar-refractivity contribution is -0.132. The van der Waals surface area contributed by atoms with Gasteiger partial charge in [0.25, 0.3) is 0 Å². The van der Waals surface area contributed by atoms with Gasteiger partial charge in [0.1, 0.15) is 12.1 Å². The van der Waals surface area contributed by atoms with Crippen molar-refractivity contribution >= 4 is 5.91 Å². The minimum Gasteiger partial charge on any atom is -0.342 e. The fourth-order valence-corrected chi connectivity index (χ4v) is 3.69. The quantitative estimate of drug-likeness (QED) is 0.480. The third-order valence-electron chi connectivity index (χ3n) is 5.30. The highest BCUT2D eigenvalue weighted by molar-refractivity contribution is 5.76. The van der Waals surface area contributed by atoms with Gasteiger partial charge in [0.05, 0.1) is 5.92 Å². The molecule has 4 heterocycles. The van der Waals surface area contributed by atoms with Crippen LogP contribution in [0.1, 0.15) is 37.0 Å². The van der Waals surface area contributed by atoms with Crippen molar-refractivity contribution < 1.29 is 18.2 Å². The standard InChI is InChI=1S/C20H19FN8O3/c21-14-5-1-3-12(9-14)17-25-20(32-27-17)13-4-2-8-29(10-13)16(30)7-6-15-24-19(28-31-15)18-22-11-23-26-18/h1,3,5,9,11,13H,2,4,6-8,10H2,(H,22,23,26). The molecule has 4 aromatic rings. The average molecular weight is 438 g/mol. The van der Waals surface area contributed by atoms with Gasteiger partial charge >= 0.3 is 0 Å². The zero-order valence-electron chi connectivity index (χ0n) is 16.9. The zero-order valence-corrected chi connectivity index (χ0v) is 16.9. The van der Waals surface area contributed by atoms with E-state index in [2.05, 4.69) is 35.5 Å². The molecule has 1 fully saturated rings. The molecule has 1 N–H and O–H groups in total. The molecule has 0 spiro atoms. The van der Waals surface area contributed by atoms with Crippen molar-refractivity contribution in [3.05, 3.63) is 48.2 Å². The molecular weight excluding hydrogens is 419 g/mol. The molecule has 0 bridgehead atoms. The van der Waals surface area contributed by atoms with Gasteiger partial charge in [-0.1, -0.05) is 22.4 Å². The van der Waals surface area contributed by atoms with Crippen LogP contribution in [0, 0.1) is 5.82 Å². The first kappa shape index (κ1) is 20.0. The van der Waals surface area contributed by atoms with Crippen molar-refractivity contribution in [3.8, 4) is 23.0 Å². The Morgan fingerprint density at radius 2 is 2.12 bits per heavy atom. The van der Waals surface area contributed by atoms with E-state index in [1.54, 1.807) is 17.0 Å². The van der Waals surface area contributed by atoms with Crippen molar-refractivity contribution in [1.82, 2.24) is 40.4 Å². The van der Waals surface area contributed by atoms with Gasteiger partial charge in [-0.15, -0.1) is 0 Å². The molecule has 1 atom stereocenters. The smallest absolute Gasteiger partial charge is 0.239 e. The molecule has 0 radical (unpaired) electrons. The van der Waals surface area contributed by atoms with Crippen LogP contribution in [0.2, 0.25) is 0 Å². The van der Waals surface area contributed by atoms with Gasteiger partial charge in [-0.3, -0.25) is 9.89 Å². The summed E-state index contributed by atoms with van der Waals surface area (Å²) in [6.07, 6.45) is 3.57. The second-order valence-electron chi connectivity index (χ2n) is 7.49. The third-order valence-corrected chi connectivity index (χ3v) is 5.30. The van der Waals surface area contributed by atoms with Crippen LogP contribution in [-0.4, -0.2) is 59.4 Å². The lowest BCUT2D eigenvalue weighted by atomic mass is 9.97. The summed E-state index contributed by atoms with van der Waals surface area (Å²) in [7, 11) is 0. The number of aromatic amines is 1. The predicted molar refractivity (Wildman–Crippen MR) is 106 cm³/mol. The Hall–Kier alpha value is -3.96. The van der Waals surface area contributed by atoms with Gasteiger partial charge in [-0.05, 0) is 25.0 Å². The minimum atomic E-state index is -0.363. The molecule has 0 saturated carbocycles. The number of hydrogen-bond acceptors (Lipinski definition) is 9. The molecule has 1 unspecified atom stereocenters. The first-order chi connectivity index (χ1) is 15.7. The predicted octanol–water partition coefficient (Wildman–Crippen LogP) is 2.38. The Morgan fingerprint density at radius 3 is 2.97 bits per heavy atom. The summed E-state index contributed by atoms with van der Waals surface area (Å²) in [5.41, 5.74) is 0.549. The van der Waals surface area contributed by atoms with E-state index in [1.165, 1.54) is 18.5 Å². The normalized spacial score (nSPS) is 16.4. The van der Waals surface area contributed by atoms with Crippen molar-refractivity contribution in [2.45, 2.75) is 31.6 Å². The number of rotatable bonds is 6. The molecule has 11 nitrogen and oxygen atoms in total. The number of halogens is 1. The molecule has 0 aliphatic carbocycles. The molecule has 164 valence electrons. The highest BCUT2D eigenvalue weighted by atomic mass is 19.1. The Morgan fingerprint density at radius 1 is 1.22 bits per heavy atom. The van der Waals surface area contributed by atoms with E-state index in [1.807, 2.05) is 0 Å². The van der Waals surface area contributed by atoms with Crippen molar-refractivity contribution in [1.29, 1.82) is 0 Å². The van der Waals surface area contributed by atoms with Crippen LogP contribution < -0.4 is 0 Å². The van der Waals surface area contributed by atoms with Crippen molar-refractivity contribution in [2.24, 2.45) is 0 Å². The summed E-state index contributed by atoms with van der Waals surface area (Å²) in [5.74, 6) is 1.41. The van der Waals surface area contributed by atoms with Gasteiger partial charge in [-0.2, -0.15) is 15.1 Å². The van der Waals surface area contributed by atoms with Crippen LogP contribution in [0.25, 0.3) is 23.0 Å². The van der Waals surface area contributed by atoms with E-state index in [0.29, 0.717) is 54.3 Å². The largest absolute Gasteiger partial charge is 0.342 e. The van der Waals surface area contributed by atoms with Crippen LogP contribution in [-0.2, 0) is 11.2 Å². The van der Waals surface area contributed by atoms with Gasteiger partial charge in [0.15, 0.2) is 5.82 Å². The number of benzene rings is 1. The van der Waals surface area contributed by atoms with Crippen molar-refractivity contribution in [3.63, 3.8) is 0 Å². The van der Waals surface area contributed by atoms with Crippen LogP contribution in [0.3, 0.4) is 0 Å². The molecule has 1 aliphatic heterocycles. The second kappa shape index (κ2) is 8.65. The molecule has 5 rings (SSSR count). The van der Waals surface area contributed by atoms with Gasteiger partial charge in [0, 0.05) is 31.5 Å². The van der Waals surface area contributed by atoms with E-state index in [0.717, 1.165) is 12.8 Å². The number of nitrogens with zero attached hydrogens (tertiary/aromatic N) is 7. The van der Waals surface area contributed by atoms with E-state index in [9.17, 15) is 9.18 Å². The first-order valence-electron chi connectivity index (χ1n) is 10.2. The molecule has 3 aromatic heterocycles.